The van der Waals surface area contributed by atoms with Crippen LogP contribution in [0, 0.1) is 0 Å². The molecule has 1 heterocycles. The smallest absolute Gasteiger partial charge is 0.274 e. The maximum absolute atomic E-state index is 13.0. The summed E-state index contributed by atoms with van der Waals surface area (Å²) in [6.45, 7) is 0.655. The van der Waals surface area contributed by atoms with Gasteiger partial charge in [-0.05, 0) is 28.0 Å². The fourth-order valence-electron chi connectivity index (χ4n) is 4.16. The Kier molecular flexibility index (Phi) is 7.05. The number of anilines is 2. The van der Waals surface area contributed by atoms with E-state index >= 15 is 0 Å². The molecule has 8 heteroatoms. The SMILES string of the molecule is COc1ccc2ccccc2c1C(=O)NNc1nnc(NCC(c2ccccc2)c2ccccc2)s1. The summed E-state index contributed by atoms with van der Waals surface area (Å²) in [7, 11) is 1.55. The third-order valence-electron chi connectivity index (χ3n) is 5.91. The van der Waals surface area contributed by atoms with E-state index in [2.05, 4.69) is 50.6 Å². The van der Waals surface area contributed by atoms with Gasteiger partial charge in [-0.2, -0.15) is 0 Å². The predicted molar refractivity (Wildman–Crippen MR) is 145 cm³/mol. The van der Waals surface area contributed by atoms with Gasteiger partial charge in [-0.3, -0.25) is 15.6 Å². The number of rotatable bonds is 9. The van der Waals surface area contributed by atoms with Gasteiger partial charge in [-0.15, -0.1) is 10.2 Å². The number of nitrogens with one attached hydrogen (secondary N) is 3. The van der Waals surface area contributed by atoms with Crippen molar-refractivity contribution in [2.75, 3.05) is 24.4 Å². The van der Waals surface area contributed by atoms with Crippen LogP contribution in [0.25, 0.3) is 10.8 Å². The Hall–Kier alpha value is -4.43. The number of amides is 1. The van der Waals surface area contributed by atoms with Crippen molar-refractivity contribution in [2.45, 2.75) is 5.92 Å². The fraction of sp³-hybridized carbons (Fsp3) is 0.107. The molecule has 0 aliphatic rings. The van der Waals surface area contributed by atoms with Gasteiger partial charge in [0.15, 0.2) is 0 Å². The molecular weight excluding hydrogens is 470 g/mol. The Morgan fingerprint density at radius 3 is 2.17 bits per heavy atom. The Morgan fingerprint density at radius 2 is 1.47 bits per heavy atom. The minimum absolute atomic E-state index is 0.159. The molecule has 5 rings (SSSR count). The van der Waals surface area contributed by atoms with Crippen molar-refractivity contribution in [3.8, 4) is 5.75 Å². The molecule has 7 nitrogen and oxygen atoms in total. The van der Waals surface area contributed by atoms with Crippen LogP contribution in [0.1, 0.15) is 27.4 Å². The average Bonchev–Trinajstić information content (AvgIpc) is 3.40. The van der Waals surface area contributed by atoms with Crippen molar-refractivity contribution in [3.05, 3.63) is 114 Å². The van der Waals surface area contributed by atoms with Crippen molar-refractivity contribution < 1.29 is 9.53 Å². The van der Waals surface area contributed by atoms with Crippen LogP contribution in [-0.4, -0.2) is 29.8 Å². The lowest BCUT2D eigenvalue weighted by Crippen LogP contribution is -2.29. The number of fused-ring (bicyclic) bond motifs is 1. The summed E-state index contributed by atoms with van der Waals surface area (Å²) < 4.78 is 5.43. The molecule has 0 bridgehead atoms. The average molecular weight is 496 g/mol. The molecule has 5 aromatic rings. The first-order valence-electron chi connectivity index (χ1n) is 11.5. The molecular formula is C28H25N5O2S. The first-order valence-corrected chi connectivity index (χ1v) is 12.3. The molecule has 0 atom stereocenters. The van der Waals surface area contributed by atoms with E-state index in [1.807, 2.05) is 66.7 Å². The summed E-state index contributed by atoms with van der Waals surface area (Å²) in [4.78, 5) is 13.0. The van der Waals surface area contributed by atoms with E-state index in [0.717, 1.165) is 10.8 Å². The normalized spacial score (nSPS) is 10.8. The number of hydrogen-bond donors (Lipinski definition) is 3. The van der Waals surface area contributed by atoms with E-state index in [4.69, 9.17) is 4.74 Å². The summed E-state index contributed by atoms with van der Waals surface area (Å²) in [5, 5.41) is 14.7. The summed E-state index contributed by atoms with van der Waals surface area (Å²) in [6.07, 6.45) is 0. The Balaban J connectivity index is 1.26. The minimum Gasteiger partial charge on any atom is -0.496 e. The molecule has 1 amide bonds. The predicted octanol–water partition coefficient (Wildman–Crippen LogP) is 5.70. The maximum atomic E-state index is 13.0. The Bertz CT molecular complexity index is 1420. The minimum atomic E-state index is -0.318. The molecule has 36 heavy (non-hydrogen) atoms. The molecule has 0 aliphatic carbocycles. The van der Waals surface area contributed by atoms with Gasteiger partial charge < -0.3 is 10.1 Å². The van der Waals surface area contributed by atoms with Crippen LogP contribution in [0.15, 0.2) is 97.1 Å². The second kappa shape index (κ2) is 10.9. The quantitative estimate of drug-likeness (QED) is 0.227. The first-order chi connectivity index (χ1) is 17.7. The van der Waals surface area contributed by atoms with Crippen LogP contribution in [0.3, 0.4) is 0 Å². The zero-order valence-corrected chi connectivity index (χ0v) is 20.5. The van der Waals surface area contributed by atoms with E-state index in [1.54, 1.807) is 13.2 Å². The molecule has 3 N–H and O–H groups in total. The van der Waals surface area contributed by atoms with Crippen molar-refractivity contribution >= 4 is 38.3 Å². The van der Waals surface area contributed by atoms with E-state index in [-0.39, 0.29) is 11.8 Å². The highest BCUT2D eigenvalue weighted by atomic mass is 32.1. The third kappa shape index (κ3) is 5.13. The summed E-state index contributed by atoms with van der Waals surface area (Å²) in [5.74, 6) is 0.341. The fourth-order valence-corrected chi connectivity index (χ4v) is 4.77. The van der Waals surface area contributed by atoms with E-state index < -0.39 is 0 Å². The summed E-state index contributed by atoms with van der Waals surface area (Å²) >= 11 is 1.33. The van der Waals surface area contributed by atoms with Gasteiger partial charge in [0.25, 0.3) is 5.91 Å². The van der Waals surface area contributed by atoms with Crippen molar-refractivity contribution in [1.29, 1.82) is 0 Å². The largest absolute Gasteiger partial charge is 0.496 e. The number of hydrazine groups is 1. The molecule has 0 saturated carbocycles. The van der Waals surface area contributed by atoms with Gasteiger partial charge in [0.05, 0.1) is 12.7 Å². The molecule has 4 aromatic carbocycles. The Morgan fingerprint density at radius 1 is 0.833 bits per heavy atom. The molecule has 0 unspecified atom stereocenters. The van der Waals surface area contributed by atoms with Gasteiger partial charge in [-0.25, -0.2) is 0 Å². The van der Waals surface area contributed by atoms with Crippen molar-refractivity contribution in [1.82, 2.24) is 15.6 Å². The van der Waals surface area contributed by atoms with Gasteiger partial charge in [0.2, 0.25) is 10.3 Å². The number of ether oxygens (including phenoxy) is 1. The van der Waals surface area contributed by atoms with Gasteiger partial charge in [0.1, 0.15) is 5.75 Å². The summed E-state index contributed by atoms with van der Waals surface area (Å²) in [5.41, 5.74) is 8.50. The number of methoxy groups -OCH3 is 1. The Labute approximate surface area is 213 Å². The van der Waals surface area contributed by atoms with E-state index in [0.29, 0.717) is 28.1 Å². The lowest BCUT2D eigenvalue weighted by atomic mass is 9.91. The van der Waals surface area contributed by atoms with Crippen LogP contribution in [0.4, 0.5) is 10.3 Å². The number of hydrogen-bond acceptors (Lipinski definition) is 7. The second-order valence-corrected chi connectivity index (χ2v) is 9.09. The van der Waals surface area contributed by atoms with Crippen LogP contribution < -0.4 is 20.9 Å². The second-order valence-electron chi connectivity index (χ2n) is 8.11. The lowest BCUT2D eigenvalue weighted by molar-refractivity contribution is 0.0961. The molecule has 0 saturated heterocycles. The zero-order valence-electron chi connectivity index (χ0n) is 19.6. The number of aromatic nitrogens is 2. The van der Waals surface area contributed by atoms with E-state index in [1.165, 1.54) is 22.5 Å². The highest BCUT2D eigenvalue weighted by Gasteiger charge is 2.18. The highest BCUT2D eigenvalue weighted by Crippen LogP contribution is 2.29. The van der Waals surface area contributed by atoms with Crippen molar-refractivity contribution in [3.63, 3.8) is 0 Å². The number of carbonyl (C=O) groups excluding carboxylic acids is 1. The summed E-state index contributed by atoms with van der Waals surface area (Å²) in [6, 6.07) is 32.1. The van der Waals surface area contributed by atoms with Crippen molar-refractivity contribution in [2.24, 2.45) is 0 Å². The molecule has 0 fully saturated rings. The zero-order chi connectivity index (χ0) is 24.7. The molecule has 180 valence electrons. The number of nitrogens with zero attached hydrogens (tertiary/aromatic N) is 2. The van der Waals surface area contributed by atoms with Crippen LogP contribution >= 0.6 is 11.3 Å². The van der Waals surface area contributed by atoms with E-state index in [9.17, 15) is 4.79 Å². The number of carbonyl (C=O) groups is 1. The molecule has 0 radical (unpaired) electrons. The van der Waals surface area contributed by atoms with Crippen LogP contribution in [0.5, 0.6) is 5.75 Å². The topological polar surface area (TPSA) is 88.2 Å². The van der Waals surface area contributed by atoms with Gasteiger partial charge >= 0.3 is 0 Å². The van der Waals surface area contributed by atoms with Gasteiger partial charge in [-0.1, -0.05) is 102 Å². The standard InChI is InChI=1S/C28H25N5O2S/c1-35-24-17-16-21-14-8-9-15-22(21)25(24)26(34)30-32-28-33-31-27(36-28)29-18-23(19-10-4-2-5-11-19)20-12-6-3-7-13-20/h2-17,23H,18H2,1H3,(H,29,31)(H,30,34)(H,32,33). The number of benzene rings is 4. The lowest BCUT2D eigenvalue weighted by Gasteiger charge is -2.18. The maximum Gasteiger partial charge on any atom is 0.274 e. The molecule has 1 aromatic heterocycles. The monoisotopic (exact) mass is 495 g/mol. The highest BCUT2D eigenvalue weighted by molar-refractivity contribution is 7.19. The van der Waals surface area contributed by atoms with Crippen LogP contribution in [0.2, 0.25) is 0 Å². The van der Waals surface area contributed by atoms with Gasteiger partial charge in [0, 0.05) is 12.5 Å². The molecule has 0 aliphatic heterocycles. The third-order valence-corrected chi connectivity index (χ3v) is 6.70. The first kappa shape index (κ1) is 23.3. The molecule has 0 spiro atoms. The van der Waals surface area contributed by atoms with Crippen LogP contribution in [-0.2, 0) is 0 Å².